The minimum absolute atomic E-state index is 0.232. The van der Waals surface area contributed by atoms with Gasteiger partial charge in [0.1, 0.15) is 0 Å². The molecule has 5 nitrogen and oxygen atoms in total. The molecule has 3 aliphatic heterocycles. The second-order valence-corrected chi connectivity index (χ2v) is 9.21. The van der Waals surface area contributed by atoms with Crippen molar-refractivity contribution in [2.75, 3.05) is 39.3 Å². The van der Waals surface area contributed by atoms with Crippen LogP contribution in [0.25, 0.3) is 0 Å². The van der Waals surface area contributed by atoms with Crippen LogP contribution in [0.2, 0.25) is 0 Å². The maximum absolute atomic E-state index is 13.0. The van der Waals surface area contributed by atoms with Gasteiger partial charge in [-0.1, -0.05) is 13.0 Å². The molecule has 0 aliphatic carbocycles. The minimum atomic E-state index is 0.232. The molecule has 0 radical (unpaired) electrons. The van der Waals surface area contributed by atoms with Gasteiger partial charge in [0, 0.05) is 44.6 Å². The molecular formula is C23H36N4O. The van der Waals surface area contributed by atoms with E-state index in [9.17, 15) is 4.79 Å². The quantitative estimate of drug-likeness (QED) is 0.800. The first-order valence-electron chi connectivity index (χ1n) is 11.3. The summed E-state index contributed by atoms with van der Waals surface area (Å²) in [5.41, 5.74) is 1.31. The first kappa shape index (κ1) is 19.8. The van der Waals surface area contributed by atoms with Gasteiger partial charge in [0.2, 0.25) is 5.91 Å². The summed E-state index contributed by atoms with van der Waals surface area (Å²) in [7, 11) is 0. The number of amides is 1. The second-order valence-electron chi connectivity index (χ2n) is 9.21. The van der Waals surface area contributed by atoms with Gasteiger partial charge in [0.25, 0.3) is 0 Å². The Kier molecular flexibility index (Phi) is 6.63. The Bertz CT molecular complexity index is 621. The molecule has 0 N–H and O–H groups in total. The van der Waals surface area contributed by atoms with Crippen molar-refractivity contribution in [3.63, 3.8) is 0 Å². The van der Waals surface area contributed by atoms with Crippen molar-refractivity contribution in [2.45, 2.75) is 58.0 Å². The number of hydrogen-bond donors (Lipinski definition) is 0. The molecule has 3 fully saturated rings. The van der Waals surface area contributed by atoms with E-state index in [1.54, 1.807) is 0 Å². The molecule has 1 atom stereocenters. The lowest BCUT2D eigenvalue weighted by molar-refractivity contribution is -0.139. The van der Waals surface area contributed by atoms with E-state index in [1.165, 1.54) is 44.2 Å². The zero-order valence-corrected chi connectivity index (χ0v) is 17.4. The van der Waals surface area contributed by atoms with Crippen LogP contribution >= 0.6 is 0 Å². The molecule has 0 spiro atoms. The lowest BCUT2D eigenvalue weighted by atomic mass is 9.91. The van der Waals surface area contributed by atoms with E-state index in [1.807, 2.05) is 18.5 Å². The van der Waals surface area contributed by atoms with Crippen LogP contribution in [-0.4, -0.2) is 70.9 Å². The fourth-order valence-electron chi connectivity index (χ4n) is 5.22. The second kappa shape index (κ2) is 9.36. The zero-order valence-electron chi connectivity index (χ0n) is 17.4. The maximum atomic E-state index is 13.0. The van der Waals surface area contributed by atoms with E-state index in [2.05, 4.69) is 32.7 Å². The molecule has 4 heterocycles. The van der Waals surface area contributed by atoms with Gasteiger partial charge in [0.05, 0.1) is 5.92 Å². The summed E-state index contributed by atoms with van der Waals surface area (Å²) in [4.78, 5) is 24.6. The summed E-state index contributed by atoms with van der Waals surface area (Å²) in [6.45, 7) is 9.73. The van der Waals surface area contributed by atoms with Gasteiger partial charge in [-0.05, 0) is 75.7 Å². The van der Waals surface area contributed by atoms with E-state index in [0.29, 0.717) is 11.9 Å². The molecule has 28 heavy (non-hydrogen) atoms. The lowest BCUT2D eigenvalue weighted by Crippen LogP contribution is -2.51. The van der Waals surface area contributed by atoms with Gasteiger partial charge in [-0.2, -0.15) is 0 Å². The predicted octanol–water partition coefficient (Wildman–Crippen LogP) is 3.02. The van der Waals surface area contributed by atoms with E-state index in [0.717, 1.165) is 51.6 Å². The van der Waals surface area contributed by atoms with Crippen LogP contribution in [0.3, 0.4) is 0 Å². The highest BCUT2D eigenvalue weighted by Gasteiger charge is 2.34. The Labute approximate surface area is 170 Å². The van der Waals surface area contributed by atoms with Gasteiger partial charge in [-0.15, -0.1) is 0 Å². The van der Waals surface area contributed by atoms with Crippen LogP contribution < -0.4 is 0 Å². The van der Waals surface area contributed by atoms with Crippen LogP contribution in [0, 0.1) is 11.8 Å². The summed E-state index contributed by atoms with van der Waals surface area (Å²) in [6, 6.07) is 4.85. The number of rotatable bonds is 4. The molecule has 5 heteroatoms. The number of aromatic nitrogens is 1. The van der Waals surface area contributed by atoms with E-state index in [-0.39, 0.29) is 5.92 Å². The van der Waals surface area contributed by atoms with Crippen LogP contribution in [0.4, 0.5) is 0 Å². The highest BCUT2D eigenvalue weighted by molar-refractivity contribution is 5.79. The molecule has 1 aromatic heterocycles. The van der Waals surface area contributed by atoms with Gasteiger partial charge in [-0.3, -0.25) is 19.6 Å². The molecule has 4 rings (SSSR count). The number of carbonyl (C=O) groups is 1. The van der Waals surface area contributed by atoms with Crippen LogP contribution in [-0.2, 0) is 11.3 Å². The van der Waals surface area contributed by atoms with Crippen molar-refractivity contribution < 1.29 is 4.79 Å². The standard InChI is InChI=1S/C23H36N4O/c1-19-6-14-26(15-7-19)23(28)21-5-3-11-27(18-21)22-8-12-25(13-9-22)17-20-4-2-10-24-16-20/h2,4,10,16,19,21-22H,3,5-9,11-15,17-18H2,1H3. The number of pyridine rings is 1. The third-order valence-electron chi connectivity index (χ3n) is 7.10. The maximum Gasteiger partial charge on any atom is 0.226 e. The first-order chi connectivity index (χ1) is 13.7. The molecule has 1 unspecified atom stereocenters. The van der Waals surface area contributed by atoms with E-state index >= 15 is 0 Å². The number of hydrogen-bond acceptors (Lipinski definition) is 4. The molecule has 154 valence electrons. The lowest BCUT2D eigenvalue weighted by Gasteiger charge is -2.43. The number of carbonyl (C=O) groups excluding carboxylic acids is 1. The number of likely N-dealkylation sites (tertiary alicyclic amines) is 3. The number of piperidine rings is 3. The summed E-state index contributed by atoms with van der Waals surface area (Å²) in [5, 5.41) is 0. The van der Waals surface area contributed by atoms with Crippen molar-refractivity contribution in [3.05, 3.63) is 30.1 Å². The van der Waals surface area contributed by atoms with Crippen LogP contribution in [0.1, 0.15) is 51.0 Å². The highest BCUT2D eigenvalue weighted by atomic mass is 16.2. The fourth-order valence-corrected chi connectivity index (χ4v) is 5.22. The Hall–Kier alpha value is -1.46. The minimum Gasteiger partial charge on any atom is -0.342 e. The molecule has 3 saturated heterocycles. The van der Waals surface area contributed by atoms with Crippen LogP contribution in [0.15, 0.2) is 24.5 Å². The summed E-state index contributed by atoms with van der Waals surface area (Å²) >= 11 is 0. The average Bonchev–Trinajstić information content (AvgIpc) is 2.75. The zero-order chi connectivity index (χ0) is 19.3. The summed E-state index contributed by atoms with van der Waals surface area (Å²) in [5.74, 6) is 1.45. The SMILES string of the molecule is CC1CCN(C(=O)C2CCCN(C3CCN(Cc4cccnc4)CC3)C2)CC1. The monoisotopic (exact) mass is 384 g/mol. The van der Waals surface area contributed by atoms with Crippen molar-refractivity contribution in [1.82, 2.24) is 19.7 Å². The fraction of sp³-hybridized carbons (Fsp3) is 0.739. The van der Waals surface area contributed by atoms with Gasteiger partial charge in [-0.25, -0.2) is 0 Å². The molecule has 3 aliphatic rings. The normalized spacial score (nSPS) is 26.5. The molecule has 0 bridgehead atoms. The summed E-state index contributed by atoms with van der Waals surface area (Å²) in [6.07, 6.45) is 10.9. The van der Waals surface area contributed by atoms with Crippen molar-refractivity contribution in [3.8, 4) is 0 Å². The van der Waals surface area contributed by atoms with Gasteiger partial charge >= 0.3 is 0 Å². The van der Waals surface area contributed by atoms with Crippen molar-refractivity contribution >= 4 is 5.91 Å². The molecule has 1 aromatic rings. The van der Waals surface area contributed by atoms with Crippen molar-refractivity contribution in [2.24, 2.45) is 11.8 Å². The first-order valence-corrected chi connectivity index (χ1v) is 11.3. The van der Waals surface area contributed by atoms with E-state index < -0.39 is 0 Å². The Morgan fingerprint density at radius 1 is 1.07 bits per heavy atom. The van der Waals surface area contributed by atoms with Crippen LogP contribution in [0.5, 0.6) is 0 Å². The average molecular weight is 385 g/mol. The third-order valence-corrected chi connectivity index (χ3v) is 7.10. The smallest absolute Gasteiger partial charge is 0.226 e. The molecule has 0 saturated carbocycles. The summed E-state index contributed by atoms with van der Waals surface area (Å²) < 4.78 is 0. The Balaban J connectivity index is 1.25. The Morgan fingerprint density at radius 2 is 1.86 bits per heavy atom. The van der Waals surface area contributed by atoms with Gasteiger partial charge < -0.3 is 4.90 Å². The number of nitrogens with zero attached hydrogens (tertiary/aromatic N) is 4. The Morgan fingerprint density at radius 3 is 2.57 bits per heavy atom. The third kappa shape index (κ3) is 4.93. The van der Waals surface area contributed by atoms with Gasteiger partial charge in [0.15, 0.2) is 0 Å². The largest absolute Gasteiger partial charge is 0.342 e. The predicted molar refractivity (Wildman–Crippen MR) is 112 cm³/mol. The highest BCUT2D eigenvalue weighted by Crippen LogP contribution is 2.27. The molecule has 0 aromatic carbocycles. The topological polar surface area (TPSA) is 39.7 Å². The van der Waals surface area contributed by atoms with E-state index in [4.69, 9.17) is 0 Å². The molecular weight excluding hydrogens is 348 g/mol. The van der Waals surface area contributed by atoms with Crippen molar-refractivity contribution in [1.29, 1.82) is 0 Å². The molecule has 1 amide bonds.